The molecule has 1 aliphatic heterocycles. The fraction of sp³-hybridized carbons (Fsp3) is 0.300. The molecule has 5 rings (SSSR count). The van der Waals surface area contributed by atoms with Crippen molar-refractivity contribution >= 4 is 35.1 Å². The number of rotatable bonds is 6. The Morgan fingerprint density at radius 3 is 2.76 bits per heavy atom. The lowest BCUT2D eigenvalue weighted by molar-refractivity contribution is -0.117. The van der Waals surface area contributed by atoms with Crippen LogP contribution in [-0.4, -0.2) is 26.1 Å². The number of nitrogens with zero attached hydrogens (tertiary/aromatic N) is 3. The molecule has 148 valence electrons. The molecular formula is C20H20N6O2S. The second-order valence-corrected chi connectivity index (χ2v) is 8.28. The highest BCUT2D eigenvalue weighted by molar-refractivity contribution is 7.99. The van der Waals surface area contributed by atoms with Gasteiger partial charge in [0.2, 0.25) is 11.9 Å². The smallest absolute Gasteiger partial charge is 0.229 e. The van der Waals surface area contributed by atoms with Crippen LogP contribution in [0.2, 0.25) is 0 Å². The van der Waals surface area contributed by atoms with Gasteiger partial charge in [-0.3, -0.25) is 9.89 Å². The minimum absolute atomic E-state index is 0.112. The number of ether oxygens (including phenoxy) is 1. The van der Waals surface area contributed by atoms with Crippen molar-refractivity contribution in [3.8, 4) is 0 Å². The van der Waals surface area contributed by atoms with Crippen molar-refractivity contribution < 1.29 is 9.53 Å². The predicted octanol–water partition coefficient (Wildman–Crippen LogP) is 3.78. The molecule has 0 bridgehead atoms. The molecule has 0 saturated heterocycles. The first kappa shape index (κ1) is 18.1. The topological polar surface area (TPSA) is 105 Å². The minimum Gasteiger partial charge on any atom is -0.370 e. The average molecular weight is 408 g/mol. The van der Waals surface area contributed by atoms with Crippen molar-refractivity contribution in [2.24, 2.45) is 5.92 Å². The molecule has 0 atom stereocenters. The van der Waals surface area contributed by atoms with Crippen molar-refractivity contribution in [2.45, 2.75) is 42.9 Å². The molecule has 0 unspecified atom stereocenters. The SMILES string of the molecule is Cc1cc(Nc2nc3c(c(Sc4ccc(NC(=O)C5CC5)cc4)n2)COC3)n[nH]1. The summed E-state index contributed by atoms with van der Waals surface area (Å²) in [6.45, 7) is 2.93. The number of carbonyl (C=O) groups is 1. The summed E-state index contributed by atoms with van der Waals surface area (Å²) in [6.07, 6.45) is 1.99. The number of benzene rings is 1. The first-order valence-corrected chi connectivity index (χ1v) is 10.3. The van der Waals surface area contributed by atoms with E-state index >= 15 is 0 Å². The number of amides is 1. The second kappa shape index (κ2) is 7.49. The van der Waals surface area contributed by atoms with Crippen LogP contribution in [0.3, 0.4) is 0 Å². The van der Waals surface area contributed by atoms with Gasteiger partial charge in [0, 0.05) is 33.8 Å². The van der Waals surface area contributed by atoms with Gasteiger partial charge in [-0.2, -0.15) is 5.10 Å². The van der Waals surface area contributed by atoms with Crippen molar-refractivity contribution in [2.75, 3.05) is 10.6 Å². The third-order valence-corrected chi connectivity index (χ3v) is 5.81. The molecule has 1 aromatic carbocycles. The van der Waals surface area contributed by atoms with Gasteiger partial charge in [-0.25, -0.2) is 9.97 Å². The van der Waals surface area contributed by atoms with Crippen LogP contribution < -0.4 is 10.6 Å². The lowest BCUT2D eigenvalue weighted by Crippen LogP contribution is -2.12. The van der Waals surface area contributed by atoms with Gasteiger partial charge in [0.05, 0.1) is 18.9 Å². The van der Waals surface area contributed by atoms with Crippen molar-refractivity contribution in [1.82, 2.24) is 20.2 Å². The highest BCUT2D eigenvalue weighted by atomic mass is 32.2. The third-order valence-electron chi connectivity index (χ3n) is 4.77. The molecule has 0 radical (unpaired) electrons. The van der Waals surface area contributed by atoms with E-state index < -0.39 is 0 Å². The van der Waals surface area contributed by atoms with Gasteiger partial charge in [-0.05, 0) is 44.0 Å². The van der Waals surface area contributed by atoms with Crippen LogP contribution in [0.5, 0.6) is 0 Å². The molecule has 0 spiro atoms. The second-order valence-electron chi connectivity index (χ2n) is 7.22. The molecule has 1 amide bonds. The third kappa shape index (κ3) is 4.10. The molecule has 1 aliphatic carbocycles. The summed E-state index contributed by atoms with van der Waals surface area (Å²) in [5.41, 5.74) is 3.69. The molecular weight excluding hydrogens is 388 g/mol. The van der Waals surface area contributed by atoms with Crippen LogP contribution in [-0.2, 0) is 22.7 Å². The number of H-pyrrole nitrogens is 1. The van der Waals surface area contributed by atoms with Gasteiger partial charge in [0.1, 0.15) is 5.03 Å². The number of aromatic nitrogens is 4. The number of fused-ring (bicyclic) bond motifs is 1. The van der Waals surface area contributed by atoms with E-state index in [1.807, 2.05) is 37.3 Å². The zero-order chi connectivity index (χ0) is 19.8. The molecule has 1 fully saturated rings. The Balaban J connectivity index is 1.35. The Morgan fingerprint density at radius 2 is 2.03 bits per heavy atom. The molecule has 2 aromatic heterocycles. The van der Waals surface area contributed by atoms with E-state index in [0.717, 1.165) is 45.4 Å². The van der Waals surface area contributed by atoms with Crippen molar-refractivity contribution in [3.63, 3.8) is 0 Å². The van der Waals surface area contributed by atoms with E-state index in [9.17, 15) is 4.79 Å². The van der Waals surface area contributed by atoms with Crippen LogP contribution in [0.1, 0.15) is 29.8 Å². The van der Waals surface area contributed by atoms with E-state index in [-0.39, 0.29) is 11.8 Å². The zero-order valence-corrected chi connectivity index (χ0v) is 16.7. The number of hydrogen-bond donors (Lipinski definition) is 3. The van der Waals surface area contributed by atoms with Gasteiger partial charge < -0.3 is 15.4 Å². The Labute approximate surface area is 171 Å². The standard InChI is InChI=1S/C20H20N6O2S/c1-11-8-17(26-25-11)23-20-22-16-10-28-9-15(16)19(24-20)29-14-6-4-13(5-7-14)21-18(27)12-2-3-12/h4-8,12H,2-3,9-10H2,1H3,(H,21,27)(H2,22,23,24,25,26). The van der Waals surface area contributed by atoms with Gasteiger partial charge in [-0.1, -0.05) is 11.8 Å². The van der Waals surface area contributed by atoms with E-state index in [1.54, 1.807) is 11.8 Å². The van der Waals surface area contributed by atoms with E-state index in [0.29, 0.717) is 25.0 Å². The Kier molecular flexibility index (Phi) is 4.69. The number of aryl methyl sites for hydroxylation is 1. The highest BCUT2D eigenvalue weighted by Gasteiger charge is 2.29. The maximum atomic E-state index is 11.9. The maximum Gasteiger partial charge on any atom is 0.229 e. The summed E-state index contributed by atoms with van der Waals surface area (Å²) in [5.74, 6) is 1.47. The maximum absolute atomic E-state index is 11.9. The largest absolute Gasteiger partial charge is 0.370 e. The monoisotopic (exact) mass is 408 g/mol. The number of carbonyl (C=O) groups excluding carboxylic acids is 1. The highest BCUT2D eigenvalue weighted by Crippen LogP contribution is 2.35. The lowest BCUT2D eigenvalue weighted by atomic mass is 10.3. The predicted molar refractivity (Wildman–Crippen MR) is 109 cm³/mol. The summed E-state index contributed by atoms with van der Waals surface area (Å²) in [5, 5.41) is 14.0. The molecule has 3 aromatic rings. The van der Waals surface area contributed by atoms with Crippen LogP contribution in [0, 0.1) is 12.8 Å². The summed E-state index contributed by atoms with van der Waals surface area (Å²) in [7, 11) is 0. The normalized spacial score (nSPS) is 15.2. The van der Waals surface area contributed by atoms with Gasteiger partial charge >= 0.3 is 0 Å². The lowest BCUT2D eigenvalue weighted by Gasteiger charge is -2.10. The Hall–Kier alpha value is -2.91. The van der Waals surface area contributed by atoms with E-state index in [2.05, 4.69) is 30.8 Å². The molecule has 2 aliphatic rings. The van der Waals surface area contributed by atoms with Gasteiger partial charge in [-0.15, -0.1) is 0 Å². The van der Waals surface area contributed by atoms with Crippen molar-refractivity contribution in [3.05, 3.63) is 47.3 Å². The van der Waals surface area contributed by atoms with Gasteiger partial charge in [0.25, 0.3) is 0 Å². The molecule has 29 heavy (non-hydrogen) atoms. The number of anilines is 3. The Bertz CT molecular complexity index is 1060. The summed E-state index contributed by atoms with van der Waals surface area (Å²) >= 11 is 1.56. The summed E-state index contributed by atoms with van der Waals surface area (Å²) in [4.78, 5) is 22.2. The first-order chi connectivity index (χ1) is 14.1. The summed E-state index contributed by atoms with van der Waals surface area (Å²) < 4.78 is 5.58. The molecule has 9 heteroatoms. The summed E-state index contributed by atoms with van der Waals surface area (Å²) in [6, 6.07) is 9.72. The molecule has 8 nitrogen and oxygen atoms in total. The van der Waals surface area contributed by atoms with Crippen LogP contribution in [0.4, 0.5) is 17.5 Å². The van der Waals surface area contributed by atoms with Crippen LogP contribution in [0.25, 0.3) is 0 Å². The van der Waals surface area contributed by atoms with Crippen molar-refractivity contribution in [1.29, 1.82) is 0 Å². The fourth-order valence-corrected chi connectivity index (χ4v) is 3.99. The first-order valence-electron chi connectivity index (χ1n) is 9.49. The number of nitrogens with one attached hydrogen (secondary N) is 3. The van der Waals surface area contributed by atoms with Gasteiger partial charge in [0.15, 0.2) is 5.82 Å². The quantitative estimate of drug-likeness (QED) is 0.533. The fourth-order valence-electron chi connectivity index (χ4n) is 3.07. The van der Waals surface area contributed by atoms with Crippen LogP contribution in [0.15, 0.2) is 40.3 Å². The Morgan fingerprint density at radius 1 is 1.21 bits per heavy atom. The van der Waals surface area contributed by atoms with E-state index in [1.165, 1.54) is 0 Å². The molecule has 1 saturated carbocycles. The zero-order valence-electron chi connectivity index (χ0n) is 15.9. The van der Waals surface area contributed by atoms with Crippen LogP contribution >= 0.6 is 11.8 Å². The molecule has 3 N–H and O–H groups in total. The number of aromatic amines is 1. The molecule has 3 heterocycles. The average Bonchev–Trinajstić information content (AvgIpc) is 3.32. The van der Waals surface area contributed by atoms with E-state index in [4.69, 9.17) is 4.74 Å². The number of hydrogen-bond acceptors (Lipinski definition) is 7. The minimum atomic E-state index is 0.112.